The van der Waals surface area contributed by atoms with Gasteiger partial charge in [-0.25, -0.2) is 0 Å². The molecule has 0 saturated heterocycles. The Balaban J connectivity index is 4.18. The first-order chi connectivity index (χ1) is 10.2. The van der Waals surface area contributed by atoms with Gasteiger partial charge >= 0.3 is 0 Å². The number of nitrogens with zero attached hydrogens (tertiary/aromatic N) is 1. The molecule has 7 nitrogen and oxygen atoms in total. The normalized spacial score (nSPS) is 13.5. The number of Topliss-reactive ketones (excluding diaryl/α,β-unsaturated/α-hetero) is 1. The number of aliphatic imine (C=N–C) groups is 1. The van der Waals surface area contributed by atoms with Crippen LogP contribution in [0.15, 0.2) is 4.99 Å². The van der Waals surface area contributed by atoms with Crippen LogP contribution in [0, 0.1) is 5.92 Å². The van der Waals surface area contributed by atoms with E-state index in [4.69, 9.17) is 17.2 Å². The van der Waals surface area contributed by atoms with E-state index >= 15 is 0 Å². The zero-order valence-corrected chi connectivity index (χ0v) is 14.0. The molecule has 0 aliphatic heterocycles. The Morgan fingerprint density at radius 2 is 1.82 bits per heavy atom. The minimum Gasteiger partial charge on any atom is -0.370 e. The number of rotatable bonds is 11. The van der Waals surface area contributed by atoms with Crippen LogP contribution in [-0.2, 0) is 9.59 Å². The monoisotopic (exact) mass is 313 g/mol. The van der Waals surface area contributed by atoms with Crippen molar-refractivity contribution in [3.8, 4) is 0 Å². The van der Waals surface area contributed by atoms with Crippen molar-refractivity contribution in [1.29, 1.82) is 0 Å². The van der Waals surface area contributed by atoms with Crippen molar-refractivity contribution in [2.75, 3.05) is 6.54 Å². The molecule has 0 bridgehead atoms. The molecule has 0 spiro atoms. The Morgan fingerprint density at radius 1 is 1.18 bits per heavy atom. The van der Waals surface area contributed by atoms with Gasteiger partial charge in [0.25, 0.3) is 0 Å². The Kier molecular flexibility index (Phi) is 10.2. The molecule has 22 heavy (non-hydrogen) atoms. The molecule has 7 N–H and O–H groups in total. The van der Waals surface area contributed by atoms with Gasteiger partial charge in [0.2, 0.25) is 5.91 Å². The van der Waals surface area contributed by atoms with Crippen molar-refractivity contribution in [2.24, 2.45) is 28.1 Å². The summed E-state index contributed by atoms with van der Waals surface area (Å²) in [6.45, 7) is 6.19. The minimum atomic E-state index is -0.569. The van der Waals surface area contributed by atoms with Gasteiger partial charge in [0.15, 0.2) is 5.96 Å². The van der Waals surface area contributed by atoms with Gasteiger partial charge in [-0.3, -0.25) is 14.6 Å². The molecule has 0 aromatic rings. The SMILES string of the molecule is CC(=O)C[C@H](CC(C)C)NC(=O)[C@@H](N)CCCCN=C(N)N. The first-order valence-electron chi connectivity index (χ1n) is 7.83. The van der Waals surface area contributed by atoms with Crippen molar-refractivity contribution in [1.82, 2.24) is 5.32 Å². The molecule has 0 fully saturated rings. The van der Waals surface area contributed by atoms with Crippen molar-refractivity contribution in [2.45, 2.75) is 65.0 Å². The molecule has 0 unspecified atom stereocenters. The minimum absolute atomic E-state index is 0.0664. The van der Waals surface area contributed by atoms with E-state index in [1.807, 2.05) is 0 Å². The number of carbonyl (C=O) groups excluding carboxylic acids is 2. The summed E-state index contributed by atoms with van der Waals surface area (Å²) in [5.41, 5.74) is 16.3. The molecule has 7 heteroatoms. The highest BCUT2D eigenvalue weighted by Gasteiger charge is 2.19. The van der Waals surface area contributed by atoms with E-state index in [2.05, 4.69) is 24.2 Å². The molecule has 0 aromatic carbocycles. The first-order valence-corrected chi connectivity index (χ1v) is 7.83. The third kappa shape index (κ3) is 11.1. The molecule has 0 aliphatic rings. The lowest BCUT2D eigenvalue weighted by Crippen LogP contribution is -2.46. The average Bonchev–Trinajstić information content (AvgIpc) is 2.35. The largest absolute Gasteiger partial charge is 0.370 e. The maximum absolute atomic E-state index is 12.1. The van der Waals surface area contributed by atoms with Gasteiger partial charge in [-0.15, -0.1) is 0 Å². The molecule has 1 amide bonds. The fourth-order valence-corrected chi connectivity index (χ4v) is 2.23. The second kappa shape index (κ2) is 11.0. The number of nitrogens with two attached hydrogens (primary N) is 3. The summed E-state index contributed by atoms with van der Waals surface area (Å²) in [6.07, 6.45) is 3.23. The predicted octanol–water partition coefficient (Wildman–Crippen LogP) is 0.267. The average molecular weight is 313 g/mol. The number of guanidine groups is 1. The Bertz CT molecular complexity index is 378. The molecular formula is C15H31N5O2. The lowest BCUT2D eigenvalue weighted by molar-refractivity contribution is -0.123. The fourth-order valence-electron chi connectivity index (χ4n) is 2.23. The van der Waals surface area contributed by atoms with Crippen LogP contribution in [0.3, 0.4) is 0 Å². The van der Waals surface area contributed by atoms with Gasteiger partial charge in [-0.05, 0) is 38.5 Å². The van der Waals surface area contributed by atoms with Gasteiger partial charge < -0.3 is 22.5 Å². The summed E-state index contributed by atoms with van der Waals surface area (Å²) in [5.74, 6) is 0.341. The smallest absolute Gasteiger partial charge is 0.237 e. The van der Waals surface area contributed by atoms with Crippen molar-refractivity contribution in [3.63, 3.8) is 0 Å². The maximum atomic E-state index is 12.1. The zero-order chi connectivity index (χ0) is 17.1. The van der Waals surface area contributed by atoms with Crippen LogP contribution in [0.1, 0.15) is 52.9 Å². The number of unbranched alkanes of at least 4 members (excludes halogenated alkanes) is 1. The first kappa shape index (κ1) is 20.4. The van der Waals surface area contributed by atoms with Gasteiger partial charge in [-0.1, -0.05) is 13.8 Å². The summed E-state index contributed by atoms with van der Waals surface area (Å²) in [4.78, 5) is 27.2. The van der Waals surface area contributed by atoms with Crippen LogP contribution >= 0.6 is 0 Å². The van der Waals surface area contributed by atoms with Crippen LogP contribution in [0.4, 0.5) is 0 Å². The van der Waals surface area contributed by atoms with Gasteiger partial charge in [0.05, 0.1) is 6.04 Å². The molecule has 0 saturated carbocycles. The number of ketones is 1. The standard InChI is InChI=1S/C15H31N5O2/c1-10(2)8-12(9-11(3)21)20-14(22)13(16)6-4-5-7-19-15(17)18/h10,12-13H,4-9,16H2,1-3H3,(H,20,22)(H4,17,18,19)/t12-,13-/m0/s1. The Morgan fingerprint density at radius 3 is 2.32 bits per heavy atom. The summed E-state index contributed by atoms with van der Waals surface area (Å²) in [7, 11) is 0. The van der Waals surface area contributed by atoms with E-state index < -0.39 is 6.04 Å². The van der Waals surface area contributed by atoms with Gasteiger partial charge in [0, 0.05) is 19.0 Å². The van der Waals surface area contributed by atoms with Crippen LogP contribution in [0.25, 0.3) is 0 Å². The predicted molar refractivity (Wildman–Crippen MR) is 89.2 cm³/mol. The Hall–Kier alpha value is -1.63. The summed E-state index contributed by atoms with van der Waals surface area (Å²) < 4.78 is 0. The molecule has 0 rings (SSSR count). The highest BCUT2D eigenvalue weighted by molar-refractivity contribution is 5.83. The maximum Gasteiger partial charge on any atom is 0.237 e. The molecule has 128 valence electrons. The summed E-state index contributed by atoms with van der Waals surface area (Å²) in [5, 5.41) is 2.89. The topological polar surface area (TPSA) is 137 Å². The molecule has 0 aromatic heterocycles. The van der Waals surface area contributed by atoms with E-state index in [0.717, 1.165) is 19.3 Å². The molecule has 0 radical (unpaired) electrons. The zero-order valence-electron chi connectivity index (χ0n) is 14.0. The van der Waals surface area contributed by atoms with Crippen LogP contribution in [0.2, 0.25) is 0 Å². The third-order valence-electron chi connectivity index (χ3n) is 3.19. The second-order valence-corrected chi connectivity index (χ2v) is 6.15. The van der Waals surface area contributed by atoms with E-state index in [0.29, 0.717) is 25.3 Å². The molecular weight excluding hydrogens is 282 g/mol. The molecule has 0 aliphatic carbocycles. The molecule has 0 heterocycles. The highest BCUT2D eigenvalue weighted by Crippen LogP contribution is 2.09. The second-order valence-electron chi connectivity index (χ2n) is 6.15. The highest BCUT2D eigenvalue weighted by atomic mass is 16.2. The van der Waals surface area contributed by atoms with Crippen molar-refractivity contribution >= 4 is 17.6 Å². The molecule has 2 atom stereocenters. The van der Waals surface area contributed by atoms with Crippen LogP contribution in [-0.4, -0.2) is 36.3 Å². The number of hydrogen-bond acceptors (Lipinski definition) is 4. The third-order valence-corrected chi connectivity index (χ3v) is 3.19. The lowest BCUT2D eigenvalue weighted by Gasteiger charge is -2.21. The fraction of sp³-hybridized carbons (Fsp3) is 0.800. The van der Waals surface area contributed by atoms with E-state index in [1.165, 1.54) is 6.92 Å². The lowest BCUT2D eigenvalue weighted by atomic mass is 9.99. The van der Waals surface area contributed by atoms with Crippen molar-refractivity contribution < 1.29 is 9.59 Å². The van der Waals surface area contributed by atoms with E-state index in [9.17, 15) is 9.59 Å². The number of nitrogens with one attached hydrogen (secondary N) is 1. The van der Waals surface area contributed by atoms with Crippen LogP contribution in [0.5, 0.6) is 0 Å². The summed E-state index contributed by atoms with van der Waals surface area (Å²) >= 11 is 0. The van der Waals surface area contributed by atoms with Gasteiger partial charge in [0.1, 0.15) is 5.78 Å². The van der Waals surface area contributed by atoms with Crippen LogP contribution < -0.4 is 22.5 Å². The quantitative estimate of drug-likeness (QED) is 0.246. The van der Waals surface area contributed by atoms with Crippen molar-refractivity contribution in [3.05, 3.63) is 0 Å². The Labute approximate surface area is 133 Å². The number of hydrogen-bond donors (Lipinski definition) is 4. The summed E-state index contributed by atoms with van der Waals surface area (Å²) in [6, 6.07) is -0.710. The van der Waals surface area contributed by atoms with E-state index in [-0.39, 0.29) is 23.7 Å². The number of amides is 1. The number of carbonyl (C=O) groups is 2. The van der Waals surface area contributed by atoms with Gasteiger partial charge in [-0.2, -0.15) is 0 Å². The van der Waals surface area contributed by atoms with E-state index in [1.54, 1.807) is 0 Å².